The summed E-state index contributed by atoms with van der Waals surface area (Å²) < 4.78 is 0. The zero-order valence-electron chi connectivity index (χ0n) is 13.3. The summed E-state index contributed by atoms with van der Waals surface area (Å²) in [5, 5.41) is 0. The molecule has 0 amide bonds. The molecule has 0 saturated carbocycles. The van der Waals surface area contributed by atoms with Crippen molar-refractivity contribution in [3.63, 3.8) is 0 Å². The van der Waals surface area contributed by atoms with Crippen molar-refractivity contribution in [3.8, 4) is 0 Å². The first kappa shape index (κ1) is 14.1. The lowest BCUT2D eigenvalue weighted by Gasteiger charge is -2.31. The van der Waals surface area contributed by atoms with Crippen molar-refractivity contribution < 1.29 is 9.59 Å². The van der Waals surface area contributed by atoms with Crippen LogP contribution in [0.2, 0.25) is 0 Å². The van der Waals surface area contributed by atoms with Gasteiger partial charge < -0.3 is 0 Å². The Labute approximate surface area is 135 Å². The average Bonchev–Trinajstić information content (AvgIpc) is 2.62. The van der Waals surface area contributed by atoms with Gasteiger partial charge in [-0.3, -0.25) is 9.59 Å². The fourth-order valence-electron chi connectivity index (χ4n) is 3.84. The average molecular weight is 302 g/mol. The van der Waals surface area contributed by atoms with Crippen LogP contribution >= 0.6 is 0 Å². The van der Waals surface area contributed by atoms with E-state index in [0.717, 1.165) is 33.4 Å². The number of hydrogen-bond donors (Lipinski definition) is 0. The van der Waals surface area contributed by atoms with Crippen molar-refractivity contribution in [2.75, 3.05) is 0 Å². The van der Waals surface area contributed by atoms with E-state index in [1.54, 1.807) is 0 Å². The number of carbonyl (C=O) groups is 2. The van der Waals surface area contributed by atoms with Crippen LogP contribution in [0.5, 0.6) is 0 Å². The van der Waals surface area contributed by atoms with E-state index in [-0.39, 0.29) is 11.6 Å². The minimum atomic E-state index is -0.666. The summed E-state index contributed by atoms with van der Waals surface area (Å²) in [5.74, 6) is 0.286. The molecule has 2 heteroatoms. The highest BCUT2D eigenvalue weighted by molar-refractivity contribution is 6.33. The summed E-state index contributed by atoms with van der Waals surface area (Å²) in [7, 11) is 0. The summed E-state index contributed by atoms with van der Waals surface area (Å²) in [6.45, 7) is 3.90. The normalized spacial score (nSPS) is 18.9. The molecule has 2 aliphatic carbocycles. The van der Waals surface area contributed by atoms with Crippen LogP contribution < -0.4 is 0 Å². The Bertz CT molecular complexity index is 884. The van der Waals surface area contributed by atoms with Crippen LogP contribution in [-0.4, -0.2) is 11.6 Å². The molecule has 0 atom stereocenters. The molecule has 0 N–H and O–H groups in total. The molecule has 0 fully saturated rings. The molecule has 0 saturated heterocycles. The van der Waals surface area contributed by atoms with E-state index in [9.17, 15) is 9.59 Å². The third-order valence-electron chi connectivity index (χ3n) is 5.13. The van der Waals surface area contributed by atoms with Crippen LogP contribution in [-0.2, 0) is 22.4 Å². The second kappa shape index (κ2) is 4.76. The zero-order valence-corrected chi connectivity index (χ0v) is 13.3. The number of Topliss-reactive ketones (excluding diaryl/α,β-unsaturated/α-hetero) is 2. The van der Waals surface area contributed by atoms with Crippen LogP contribution in [0.4, 0.5) is 0 Å². The van der Waals surface area contributed by atoms with E-state index in [0.29, 0.717) is 12.8 Å². The fourth-order valence-corrected chi connectivity index (χ4v) is 3.84. The van der Waals surface area contributed by atoms with Crippen molar-refractivity contribution in [1.82, 2.24) is 0 Å². The molecule has 0 aromatic heterocycles. The van der Waals surface area contributed by atoms with Crippen molar-refractivity contribution in [3.05, 3.63) is 70.8 Å². The van der Waals surface area contributed by atoms with Crippen LogP contribution in [0.1, 0.15) is 36.1 Å². The Morgan fingerprint density at radius 3 is 2.04 bits per heavy atom. The first-order chi connectivity index (χ1) is 11.0. The number of allylic oxidation sites excluding steroid dienone is 2. The van der Waals surface area contributed by atoms with Gasteiger partial charge in [0.25, 0.3) is 0 Å². The highest BCUT2D eigenvalue weighted by atomic mass is 16.1. The first-order valence-electron chi connectivity index (χ1n) is 7.98. The van der Waals surface area contributed by atoms with E-state index in [1.807, 2.05) is 62.4 Å². The number of ketones is 2. The van der Waals surface area contributed by atoms with E-state index >= 15 is 0 Å². The first-order valence-corrected chi connectivity index (χ1v) is 7.98. The largest absolute Gasteiger partial charge is 0.298 e. The molecule has 23 heavy (non-hydrogen) atoms. The van der Waals surface area contributed by atoms with Crippen LogP contribution in [0.25, 0.3) is 11.1 Å². The molecule has 0 aliphatic heterocycles. The van der Waals surface area contributed by atoms with E-state index in [1.165, 1.54) is 0 Å². The predicted octanol–water partition coefficient (Wildman–Crippen LogP) is 3.87. The summed E-state index contributed by atoms with van der Waals surface area (Å²) >= 11 is 0. The molecule has 0 radical (unpaired) electrons. The smallest absolute Gasteiger partial charge is 0.168 e. The highest BCUT2D eigenvalue weighted by Crippen LogP contribution is 2.48. The Morgan fingerprint density at radius 1 is 0.783 bits per heavy atom. The number of fused-ring (bicyclic) bond motifs is 4. The molecule has 0 spiro atoms. The Morgan fingerprint density at radius 2 is 1.35 bits per heavy atom. The molecule has 0 heterocycles. The summed E-state index contributed by atoms with van der Waals surface area (Å²) in [5.41, 5.74) is 4.95. The van der Waals surface area contributed by atoms with Crippen LogP contribution in [0.15, 0.2) is 48.5 Å². The van der Waals surface area contributed by atoms with E-state index in [4.69, 9.17) is 0 Å². The molecule has 2 aromatic carbocycles. The number of rotatable bonds is 0. The lowest BCUT2D eigenvalue weighted by molar-refractivity contribution is -0.123. The minimum absolute atomic E-state index is 0.119. The Hall–Kier alpha value is -2.48. The van der Waals surface area contributed by atoms with Crippen molar-refractivity contribution in [2.24, 2.45) is 5.41 Å². The van der Waals surface area contributed by atoms with E-state index in [2.05, 4.69) is 0 Å². The fraction of sp³-hybridized carbons (Fsp3) is 0.238. The standard InChI is InChI=1S/C21H18O2/c1-21(2)18(23)12-14-8-3-5-9-15(14)19-17(22)11-13-7-4-6-10-16(13)20(19)21/h3-10H,11-12H2,1-2H3. The maximum Gasteiger partial charge on any atom is 0.168 e. The van der Waals surface area contributed by atoms with Gasteiger partial charge in [-0.05, 0) is 41.7 Å². The third kappa shape index (κ3) is 1.94. The van der Waals surface area contributed by atoms with Gasteiger partial charge in [-0.1, -0.05) is 48.5 Å². The Kier molecular flexibility index (Phi) is 2.92. The third-order valence-corrected chi connectivity index (χ3v) is 5.13. The van der Waals surface area contributed by atoms with Crippen LogP contribution in [0.3, 0.4) is 0 Å². The van der Waals surface area contributed by atoms with Gasteiger partial charge in [0.1, 0.15) is 5.78 Å². The van der Waals surface area contributed by atoms with Gasteiger partial charge in [-0.15, -0.1) is 0 Å². The molecule has 2 aliphatic rings. The molecule has 0 bridgehead atoms. The molecule has 2 nitrogen and oxygen atoms in total. The van der Waals surface area contributed by atoms with Gasteiger partial charge in [0.05, 0.1) is 0 Å². The second-order valence-electron chi connectivity index (χ2n) is 6.89. The maximum atomic E-state index is 12.9. The van der Waals surface area contributed by atoms with Gasteiger partial charge >= 0.3 is 0 Å². The summed E-state index contributed by atoms with van der Waals surface area (Å²) in [4.78, 5) is 25.9. The monoisotopic (exact) mass is 302 g/mol. The predicted molar refractivity (Wildman–Crippen MR) is 90.9 cm³/mol. The Balaban J connectivity index is 2.14. The molecular formula is C21H18O2. The topological polar surface area (TPSA) is 34.1 Å². The SMILES string of the molecule is CC1(C)C(=O)Cc2ccccc2C2=C1c1ccccc1CC2=O. The number of benzene rings is 2. The maximum absolute atomic E-state index is 12.9. The lowest BCUT2D eigenvalue weighted by Crippen LogP contribution is -2.29. The van der Waals surface area contributed by atoms with Gasteiger partial charge in [0, 0.05) is 23.8 Å². The highest BCUT2D eigenvalue weighted by Gasteiger charge is 2.42. The zero-order chi connectivity index (χ0) is 16.2. The second-order valence-corrected chi connectivity index (χ2v) is 6.89. The molecule has 4 rings (SSSR count). The van der Waals surface area contributed by atoms with Gasteiger partial charge in [0.15, 0.2) is 5.78 Å². The molecule has 114 valence electrons. The number of hydrogen-bond acceptors (Lipinski definition) is 2. The van der Waals surface area contributed by atoms with E-state index < -0.39 is 5.41 Å². The van der Waals surface area contributed by atoms with Gasteiger partial charge in [0.2, 0.25) is 0 Å². The lowest BCUT2D eigenvalue weighted by atomic mass is 9.70. The minimum Gasteiger partial charge on any atom is -0.298 e. The molecule has 2 aromatic rings. The van der Waals surface area contributed by atoms with Crippen molar-refractivity contribution >= 4 is 22.7 Å². The van der Waals surface area contributed by atoms with Gasteiger partial charge in [-0.25, -0.2) is 0 Å². The van der Waals surface area contributed by atoms with Crippen molar-refractivity contribution in [2.45, 2.75) is 26.7 Å². The quantitative estimate of drug-likeness (QED) is 0.740. The number of carbonyl (C=O) groups excluding carboxylic acids is 2. The molecule has 0 unspecified atom stereocenters. The van der Waals surface area contributed by atoms with Gasteiger partial charge in [-0.2, -0.15) is 0 Å². The summed E-state index contributed by atoms with van der Waals surface area (Å²) in [6, 6.07) is 15.8. The summed E-state index contributed by atoms with van der Waals surface area (Å²) in [6.07, 6.45) is 0.791. The van der Waals surface area contributed by atoms with Crippen LogP contribution in [0, 0.1) is 5.41 Å². The van der Waals surface area contributed by atoms with Crippen molar-refractivity contribution in [1.29, 1.82) is 0 Å². The molecular weight excluding hydrogens is 284 g/mol.